The zero-order chi connectivity index (χ0) is 9.84. The molecular weight excluding hydrogens is 172 g/mol. The Morgan fingerprint density at radius 2 is 2.31 bits per heavy atom. The van der Waals surface area contributed by atoms with Gasteiger partial charge in [-0.25, -0.2) is 9.36 Å². The maximum atomic E-state index is 11.4. The lowest BCUT2D eigenvalue weighted by atomic mass is 10.4. The van der Waals surface area contributed by atoms with Crippen molar-refractivity contribution in [3.63, 3.8) is 0 Å². The number of hydrogen-bond acceptors (Lipinski definition) is 3. The fraction of sp³-hybridized carbons (Fsp3) is 0.250. The van der Waals surface area contributed by atoms with Crippen molar-refractivity contribution in [3.05, 3.63) is 28.7 Å². The van der Waals surface area contributed by atoms with Crippen LogP contribution in [0.4, 0.5) is 4.79 Å². The predicted molar refractivity (Wildman–Crippen MR) is 47.1 cm³/mol. The first-order valence-corrected chi connectivity index (χ1v) is 3.68. The number of nitrogens with zero attached hydrogens (tertiary/aromatic N) is 1. The highest BCUT2D eigenvalue weighted by Gasteiger charge is 2.07. The largest absolute Gasteiger partial charge is 0.491 e. The van der Waals surface area contributed by atoms with Gasteiger partial charge in [-0.15, -0.1) is 0 Å². The van der Waals surface area contributed by atoms with Crippen LogP contribution in [0.5, 0.6) is 5.75 Å². The van der Waals surface area contributed by atoms with Crippen LogP contribution in [0.1, 0.15) is 0 Å². The number of rotatable bonds is 1. The first-order chi connectivity index (χ1) is 6.20. The molecule has 70 valence electrons. The topological polar surface area (TPSA) is 60.3 Å². The van der Waals surface area contributed by atoms with E-state index in [-0.39, 0.29) is 5.75 Å². The molecule has 1 aromatic heterocycles. The van der Waals surface area contributed by atoms with Crippen LogP contribution in [0, 0.1) is 0 Å². The molecule has 13 heavy (non-hydrogen) atoms. The van der Waals surface area contributed by atoms with Crippen LogP contribution < -0.4 is 15.6 Å². The molecule has 0 saturated carbocycles. The maximum absolute atomic E-state index is 11.4. The van der Waals surface area contributed by atoms with E-state index in [9.17, 15) is 9.59 Å². The molecule has 0 aliphatic heterocycles. The first kappa shape index (κ1) is 9.31. The van der Waals surface area contributed by atoms with Crippen LogP contribution in [-0.4, -0.2) is 24.8 Å². The third-order valence-corrected chi connectivity index (χ3v) is 1.56. The normalized spacial score (nSPS) is 9.38. The number of carbonyl (C=O) groups is 1. The quantitative estimate of drug-likeness (QED) is 0.667. The van der Waals surface area contributed by atoms with E-state index >= 15 is 0 Å². The summed E-state index contributed by atoms with van der Waals surface area (Å²) in [6, 6.07) is 2.58. The van der Waals surface area contributed by atoms with E-state index in [4.69, 9.17) is 4.74 Å². The fourth-order valence-corrected chi connectivity index (χ4v) is 0.910. The smallest absolute Gasteiger partial charge is 0.328 e. The van der Waals surface area contributed by atoms with Crippen molar-refractivity contribution >= 4 is 6.03 Å². The molecule has 1 aromatic rings. The Balaban J connectivity index is 3.24. The van der Waals surface area contributed by atoms with Gasteiger partial charge in [0.05, 0.1) is 7.11 Å². The van der Waals surface area contributed by atoms with Gasteiger partial charge in [0.25, 0.3) is 0 Å². The molecule has 0 saturated heterocycles. The Labute approximate surface area is 74.9 Å². The molecule has 0 aliphatic carbocycles. The molecule has 0 unspecified atom stereocenters. The Morgan fingerprint density at radius 1 is 1.62 bits per heavy atom. The van der Waals surface area contributed by atoms with Crippen LogP contribution in [-0.2, 0) is 0 Å². The Morgan fingerprint density at radius 3 is 2.85 bits per heavy atom. The molecule has 1 N–H and O–H groups in total. The molecule has 0 fully saturated rings. The first-order valence-electron chi connectivity index (χ1n) is 3.68. The van der Waals surface area contributed by atoms with Crippen molar-refractivity contribution in [2.24, 2.45) is 0 Å². The van der Waals surface area contributed by atoms with Crippen molar-refractivity contribution in [1.29, 1.82) is 0 Å². The summed E-state index contributed by atoms with van der Waals surface area (Å²) < 4.78 is 5.71. The number of aromatic nitrogens is 1. The minimum atomic E-state index is -0.482. The highest BCUT2D eigenvalue weighted by Crippen LogP contribution is 1.99. The van der Waals surface area contributed by atoms with E-state index in [1.54, 1.807) is 6.07 Å². The summed E-state index contributed by atoms with van der Waals surface area (Å²) >= 11 is 0. The Bertz CT molecular complexity index is 370. The summed E-state index contributed by atoms with van der Waals surface area (Å²) in [7, 11) is 2.83. The second-order valence-electron chi connectivity index (χ2n) is 2.31. The van der Waals surface area contributed by atoms with Gasteiger partial charge in [-0.3, -0.25) is 4.79 Å². The number of hydrogen-bond donors (Lipinski definition) is 1. The zero-order valence-corrected chi connectivity index (χ0v) is 7.40. The second-order valence-corrected chi connectivity index (χ2v) is 2.31. The molecule has 5 nitrogen and oxygen atoms in total. The lowest BCUT2D eigenvalue weighted by Crippen LogP contribution is -2.33. The number of methoxy groups -OCH3 is 1. The van der Waals surface area contributed by atoms with Gasteiger partial charge in [-0.05, 0) is 12.1 Å². The molecule has 0 radical (unpaired) electrons. The molecule has 0 aromatic carbocycles. The molecule has 0 aliphatic rings. The average molecular weight is 182 g/mol. The van der Waals surface area contributed by atoms with Crippen molar-refractivity contribution < 1.29 is 9.53 Å². The number of amides is 1. The van der Waals surface area contributed by atoms with Crippen LogP contribution in [0.3, 0.4) is 0 Å². The maximum Gasteiger partial charge on any atom is 0.328 e. The third-order valence-electron chi connectivity index (χ3n) is 1.56. The van der Waals surface area contributed by atoms with Crippen LogP contribution >= 0.6 is 0 Å². The van der Waals surface area contributed by atoms with E-state index in [0.29, 0.717) is 0 Å². The average Bonchev–Trinajstić information content (AvgIpc) is 2.17. The summed E-state index contributed by atoms with van der Waals surface area (Å²) in [5, 5.41) is 2.34. The van der Waals surface area contributed by atoms with Gasteiger partial charge < -0.3 is 10.1 Å². The summed E-state index contributed by atoms with van der Waals surface area (Å²) in [6.07, 6.45) is 1.38. The number of ether oxygens (including phenoxy) is 1. The molecule has 0 atom stereocenters. The molecule has 0 bridgehead atoms. The van der Waals surface area contributed by atoms with Crippen LogP contribution in [0.2, 0.25) is 0 Å². The lowest BCUT2D eigenvalue weighted by Gasteiger charge is -2.04. The zero-order valence-electron chi connectivity index (χ0n) is 7.40. The van der Waals surface area contributed by atoms with Gasteiger partial charge in [-0.1, -0.05) is 0 Å². The van der Waals surface area contributed by atoms with Gasteiger partial charge in [0.15, 0.2) is 5.75 Å². The monoisotopic (exact) mass is 182 g/mol. The van der Waals surface area contributed by atoms with Crippen LogP contribution in [0.15, 0.2) is 23.1 Å². The van der Waals surface area contributed by atoms with Crippen molar-refractivity contribution in [2.45, 2.75) is 0 Å². The number of carbonyl (C=O) groups excluding carboxylic acids is 1. The molecular formula is C8H10N2O3. The highest BCUT2D eigenvalue weighted by molar-refractivity contribution is 5.76. The number of nitrogens with one attached hydrogen (secondary N) is 1. The lowest BCUT2D eigenvalue weighted by molar-refractivity contribution is 0.243. The molecule has 1 heterocycles. The highest BCUT2D eigenvalue weighted by atomic mass is 16.5. The SMILES string of the molecule is CNC(=O)n1cccc(OC)c1=O. The van der Waals surface area contributed by atoms with Gasteiger partial charge >= 0.3 is 11.6 Å². The standard InChI is InChI=1S/C8H10N2O3/c1-9-8(12)10-5-3-4-6(13-2)7(10)11/h3-5H,1-2H3,(H,9,12). The fourth-order valence-electron chi connectivity index (χ4n) is 0.910. The molecule has 5 heteroatoms. The minimum Gasteiger partial charge on any atom is -0.491 e. The van der Waals surface area contributed by atoms with Crippen molar-refractivity contribution in [2.75, 3.05) is 14.2 Å². The third kappa shape index (κ3) is 1.69. The summed E-state index contributed by atoms with van der Waals surface area (Å²) in [4.78, 5) is 22.5. The van der Waals surface area contributed by atoms with Gasteiger partial charge in [0, 0.05) is 13.2 Å². The minimum absolute atomic E-state index is 0.145. The predicted octanol–water partition coefficient (Wildman–Crippen LogP) is 0.0444. The molecule has 1 amide bonds. The Kier molecular flexibility index (Phi) is 2.69. The second kappa shape index (κ2) is 3.75. The van der Waals surface area contributed by atoms with E-state index in [1.165, 1.54) is 26.4 Å². The Hall–Kier alpha value is -1.78. The van der Waals surface area contributed by atoms with E-state index in [1.807, 2.05) is 0 Å². The van der Waals surface area contributed by atoms with Gasteiger partial charge in [-0.2, -0.15) is 0 Å². The van der Waals surface area contributed by atoms with E-state index < -0.39 is 11.6 Å². The molecule has 1 rings (SSSR count). The summed E-state index contributed by atoms with van der Waals surface area (Å²) in [6.45, 7) is 0. The summed E-state index contributed by atoms with van der Waals surface area (Å²) in [5.41, 5.74) is -0.468. The van der Waals surface area contributed by atoms with E-state index in [2.05, 4.69) is 5.32 Å². The van der Waals surface area contributed by atoms with Gasteiger partial charge in [0.1, 0.15) is 0 Å². The van der Waals surface area contributed by atoms with Crippen LogP contribution in [0.25, 0.3) is 0 Å². The van der Waals surface area contributed by atoms with Gasteiger partial charge in [0.2, 0.25) is 0 Å². The number of pyridine rings is 1. The van der Waals surface area contributed by atoms with Crippen molar-refractivity contribution in [3.8, 4) is 5.75 Å². The van der Waals surface area contributed by atoms with Crippen molar-refractivity contribution in [1.82, 2.24) is 9.88 Å². The summed E-state index contributed by atoms with van der Waals surface area (Å²) in [5.74, 6) is 0.145. The van der Waals surface area contributed by atoms with E-state index in [0.717, 1.165) is 4.57 Å². The molecule has 0 spiro atoms.